The smallest absolute Gasteiger partial charge is 0.266 e. The van der Waals surface area contributed by atoms with E-state index in [2.05, 4.69) is 24.9 Å². The quantitative estimate of drug-likeness (QED) is 0.571. The van der Waals surface area contributed by atoms with Crippen LogP contribution in [0.25, 0.3) is 0 Å². The van der Waals surface area contributed by atoms with Crippen molar-refractivity contribution in [3.05, 3.63) is 60.2 Å². The molecule has 1 aromatic carbocycles. The average Bonchev–Trinajstić information content (AvgIpc) is 2.77. The van der Waals surface area contributed by atoms with Crippen LogP contribution in [0.4, 0.5) is 20.4 Å². The van der Waals surface area contributed by atoms with Crippen molar-refractivity contribution in [1.29, 1.82) is 0 Å². The molecule has 0 spiro atoms. The maximum atomic E-state index is 14.8. The number of hydrogen-bond acceptors (Lipinski definition) is 8. The first-order valence-corrected chi connectivity index (χ1v) is 11.3. The number of ether oxygens (including phenoxy) is 1. The van der Waals surface area contributed by atoms with Gasteiger partial charge in [0.25, 0.3) is 10.0 Å². The van der Waals surface area contributed by atoms with Gasteiger partial charge in [0, 0.05) is 29.8 Å². The monoisotopic (exact) mass is 462 g/mol. The van der Waals surface area contributed by atoms with Gasteiger partial charge in [-0.1, -0.05) is 6.42 Å². The van der Waals surface area contributed by atoms with E-state index in [4.69, 9.17) is 10.5 Å². The molecule has 9 nitrogen and oxygen atoms in total. The number of nitrogens with zero attached hydrogens (tertiary/aromatic N) is 4. The Hall–Kier alpha value is -3.41. The predicted molar refractivity (Wildman–Crippen MR) is 111 cm³/mol. The molecule has 1 fully saturated rings. The molecule has 32 heavy (non-hydrogen) atoms. The number of hydrogen-bond donors (Lipinski definition) is 2. The summed E-state index contributed by atoms with van der Waals surface area (Å²) in [5.41, 5.74) is 6.68. The van der Waals surface area contributed by atoms with Gasteiger partial charge >= 0.3 is 0 Å². The summed E-state index contributed by atoms with van der Waals surface area (Å²) >= 11 is 0. The van der Waals surface area contributed by atoms with Gasteiger partial charge in [-0.3, -0.25) is 4.72 Å². The fourth-order valence-corrected chi connectivity index (χ4v) is 4.85. The van der Waals surface area contributed by atoms with Crippen LogP contribution in [0.2, 0.25) is 0 Å². The predicted octanol–water partition coefficient (Wildman–Crippen LogP) is 3.03. The Morgan fingerprint density at radius 3 is 2.66 bits per heavy atom. The van der Waals surface area contributed by atoms with Crippen LogP contribution in [0, 0.1) is 11.6 Å². The molecule has 0 radical (unpaired) electrons. The molecule has 2 unspecified atom stereocenters. The topological polar surface area (TPSA) is 133 Å². The summed E-state index contributed by atoms with van der Waals surface area (Å²) in [6.45, 7) is 0. The second-order valence-corrected chi connectivity index (χ2v) is 8.98. The first-order valence-electron chi connectivity index (χ1n) is 9.87. The lowest BCUT2D eigenvalue weighted by molar-refractivity contribution is 0.124. The second kappa shape index (κ2) is 8.99. The van der Waals surface area contributed by atoms with Gasteiger partial charge in [-0.05, 0) is 31.4 Å². The number of rotatable bonds is 6. The number of aromatic nitrogens is 4. The van der Waals surface area contributed by atoms with Crippen LogP contribution in [0.5, 0.6) is 5.75 Å². The Kier molecular flexibility index (Phi) is 6.12. The maximum absolute atomic E-state index is 14.8. The first kappa shape index (κ1) is 21.8. The molecule has 0 aliphatic heterocycles. The number of nitrogens with two attached hydrogens (primary N) is 1. The third-order valence-electron chi connectivity index (χ3n) is 5.26. The van der Waals surface area contributed by atoms with Gasteiger partial charge in [-0.15, -0.1) is 5.10 Å². The van der Waals surface area contributed by atoms with Gasteiger partial charge in [0.15, 0.2) is 11.6 Å². The van der Waals surface area contributed by atoms with E-state index in [9.17, 15) is 17.2 Å². The normalized spacial score (nSPS) is 18.8. The number of sulfonamides is 1. The van der Waals surface area contributed by atoms with Gasteiger partial charge in [-0.25, -0.2) is 27.2 Å². The Morgan fingerprint density at radius 2 is 1.91 bits per heavy atom. The molecule has 0 saturated heterocycles. The Balaban J connectivity index is 1.60. The Labute approximate surface area is 183 Å². The Bertz CT molecular complexity index is 1210. The van der Waals surface area contributed by atoms with Gasteiger partial charge in [0.05, 0.1) is 6.20 Å². The summed E-state index contributed by atoms with van der Waals surface area (Å²) in [5, 5.41) is 7.60. The number of halogens is 2. The van der Waals surface area contributed by atoms with Crippen molar-refractivity contribution in [3.8, 4) is 5.75 Å². The fraction of sp³-hybridized carbons (Fsp3) is 0.300. The van der Waals surface area contributed by atoms with Gasteiger partial charge in [-0.2, -0.15) is 5.10 Å². The van der Waals surface area contributed by atoms with E-state index < -0.39 is 32.7 Å². The zero-order chi connectivity index (χ0) is 22.7. The van der Waals surface area contributed by atoms with Gasteiger partial charge in [0.1, 0.15) is 34.8 Å². The second-order valence-electron chi connectivity index (χ2n) is 7.33. The van der Waals surface area contributed by atoms with Crippen molar-refractivity contribution in [2.24, 2.45) is 0 Å². The summed E-state index contributed by atoms with van der Waals surface area (Å²) in [4.78, 5) is 6.53. The van der Waals surface area contributed by atoms with Crippen LogP contribution in [-0.4, -0.2) is 34.7 Å². The largest absolute Gasteiger partial charge is 0.487 e. The maximum Gasteiger partial charge on any atom is 0.266 e. The molecule has 3 aromatic rings. The third kappa shape index (κ3) is 4.59. The highest BCUT2D eigenvalue weighted by atomic mass is 32.2. The first-order chi connectivity index (χ1) is 15.3. The van der Waals surface area contributed by atoms with Crippen LogP contribution in [-0.2, 0) is 10.0 Å². The average molecular weight is 462 g/mol. The molecule has 2 heterocycles. The zero-order valence-corrected chi connectivity index (χ0v) is 17.6. The van der Waals surface area contributed by atoms with Crippen molar-refractivity contribution in [2.75, 3.05) is 10.5 Å². The number of nitrogen functional groups attached to an aromatic ring is 1. The van der Waals surface area contributed by atoms with E-state index in [0.29, 0.717) is 12.5 Å². The highest BCUT2D eigenvalue weighted by molar-refractivity contribution is 7.92. The summed E-state index contributed by atoms with van der Waals surface area (Å²) in [7, 11) is -4.42. The fourth-order valence-electron chi connectivity index (χ4n) is 3.77. The number of anilines is 2. The number of benzene rings is 1. The molecule has 2 aromatic heterocycles. The van der Waals surface area contributed by atoms with E-state index in [1.807, 2.05) is 0 Å². The lowest BCUT2D eigenvalue weighted by Gasteiger charge is -2.32. The van der Waals surface area contributed by atoms with Crippen molar-refractivity contribution in [1.82, 2.24) is 20.2 Å². The molecule has 168 valence electrons. The van der Waals surface area contributed by atoms with E-state index >= 15 is 0 Å². The molecule has 1 saturated carbocycles. The standard InChI is InChI=1S/C20H20F2N6O3S/c21-14-10-18(32(29,30)28-19-6-7-24-11-25-19)15(22)9-17(14)31-16-4-2-1-3-12(16)13-5-8-26-27-20(13)23/h5-12,16H,1-4H2,(H2,23,27)(H,24,25,28). The van der Waals surface area contributed by atoms with Crippen LogP contribution in [0.3, 0.4) is 0 Å². The van der Waals surface area contributed by atoms with E-state index in [0.717, 1.165) is 37.2 Å². The molecule has 1 aliphatic rings. The lowest BCUT2D eigenvalue weighted by atomic mass is 9.82. The van der Waals surface area contributed by atoms with E-state index in [1.165, 1.54) is 18.5 Å². The van der Waals surface area contributed by atoms with Crippen molar-refractivity contribution in [2.45, 2.75) is 42.6 Å². The lowest BCUT2D eigenvalue weighted by Crippen LogP contribution is -2.30. The molecule has 4 rings (SSSR count). The van der Waals surface area contributed by atoms with Crippen LogP contribution < -0.4 is 15.2 Å². The van der Waals surface area contributed by atoms with Gasteiger partial charge < -0.3 is 10.5 Å². The summed E-state index contributed by atoms with van der Waals surface area (Å²) in [5.74, 6) is -2.52. The van der Waals surface area contributed by atoms with E-state index in [-0.39, 0.29) is 23.3 Å². The van der Waals surface area contributed by atoms with Crippen LogP contribution >= 0.6 is 0 Å². The Morgan fingerprint density at radius 1 is 1.09 bits per heavy atom. The summed E-state index contributed by atoms with van der Waals surface area (Å²) in [6.07, 6.45) is 6.58. The summed E-state index contributed by atoms with van der Waals surface area (Å²) in [6, 6.07) is 4.35. The van der Waals surface area contributed by atoms with Crippen molar-refractivity contribution < 1.29 is 21.9 Å². The molecular weight excluding hydrogens is 442 g/mol. The SMILES string of the molecule is Nc1nnccc1C1CCCCC1Oc1cc(F)c(S(=O)(=O)Nc2ccncn2)cc1F. The molecular formula is C20H20F2N6O3S. The molecule has 3 N–H and O–H groups in total. The minimum atomic E-state index is -4.42. The molecule has 1 aliphatic carbocycles. The highest BCUT2D eigenvalue weighted by Gasteiger charge is 2.32. The highest BCUT2D eigenvalue weighted by Crippen LogP contribution is 2.38. The molecule has 2 atom stereocenters. The zero-order valence-electron chi connectivity index (χ0n) is 16.8. The molecule has 12 heteroatoms. The van der Waals surface area contributed by atoms with E-state index in [1.54, 1.807) is 6.07 Å². The van der Waals surface area contributed by atoms with Crippen LogP contribution in [0.1, 0.15) is 37.2 Å². The molecule has 0 bridgehead atoms. The summed E-state index contributed by atoms with van der Waals surface area (Å²) < 4.78 is 62.5. The third-order valence-corrected chi connectivity index (χ3v) is 6.63. The molecule has 0 amide bonds. The number of nitrogens with one attached hydrogen (secondary N) is 1. The van der Waals surface area contributed by atoms with Crippen molar-refractivity contribution in [3.63, 3.8) is 0 Å². The van der Waals surface area contributed by atoms with Crippen LogP contribution in [0.15, 0.2) is 47.9 Å². The minimum Gasteiger partial charge on any atom is -0.487 e. The van der Waals surface area contributed by atoms with Crippen molar-refractivity contribution >= 4 is 21.7 Å². The minimum absolute atomic E-state index is 0.0752. The van der Waals surface area contributed by atoms with Gasteiger partial charge in [0.2, 0.25) is 0 Å².